The topological polar surface area (TPSA) is 96.5 Å². The molecule has 6 nitrogen and oxygen atoms in total. The Kier molecular flexibility index (Phi) is 5.70. The summed E-state index contributed by atoms with van der Waals surface area (Å²) >= 11 is 1.20. The highest BCUT2D eigenvalue weighted by atomic mass is 32.1. The molecule has 0 unspecified atom stereocenters. The highest BCUT2D eigenvalue weighted by Crippen LogP contribution is 2.39. The fraction of sp³-hybridized carbons (Fsp3) is 0.150. The number of aldehydes is 1. The van der Waals surface area contributed by atoms with Crippen LogP contribution < -0.4 is 10.6 Å². The standard InChI is InChI=1S/C13H11FN2O2S.C7H7NO/c1-16-3-2-7-4-10(13(17)18)19-12(7)11-9(16)5-8(14)6-15-11;8-7-3-1-6(5-9)2-4-7/h4-6H,2-3H2,1H3,(H,17,18);1-5H,8H2. The molecule has 28 heavy (non-hydrogen) atoms. The molecule has 0 radical (unpaired) electrons. The molecule has 0 saturated carbocycles. The van der Waals surface area contributed by atoms with E-state index in [1.54, 1.807) is 30.3 Å². The van der Waals surface area contributed by atoms with Crippen LogP contribution in [-0.2, 0) is 6.42 Å². The van der Waals surface area contributed by atoms with Crippen LogP contribution in [0, 0.1) is 5.82 Å². The lowest BCUT2D eigenvalue weighted by Crippen LogP contribution is -2.19. The summed E-state index contributed by atoms with van der Waals surface area (Å²) in [5, 5.41) is 9.07. The molecule has 2 aromatic heterocycles. The summed E-state index contributed by atoms with van der Waals surface area (Å²) in [7, 11) is 1.88. The zero-order valence-corrected chi connectivity index (χ0v) is 15.9. The lowest BCUT2D eigenvalue weighted by Gasteiger charge is -2.18. The Bertz CT molecular complexity index is 1020. The number of pyridine rings is 1. The molecule has 0 spiro atoms. The molecule has 0 aliphatic carbocycles. The molecule has 1 aliphatic rings. The third kappa shape index (κ3) is 4.17. The molecule has 0 fully saturated rings. The quantitative estimate of drug-likeness (QED) is 0.504. The van der Waals surface area contributed by atoms with E-state index in [4.69, 9.17) is 10.8 Å². The Balaban J connectivity index is 0.000000211. The average Bonchev–Trinajstić information content (AvgIpc) is 3.07. The van der Waals surface area contributed by atoms with Crippen molar-refractivity contribution in [2.75, 3.05) is 24.2 Å². The van der Waals surface area contributed by atoms with Crippen LogP contribution in [0.4, 0.5) is 15.8 Å². The minimum Gasteiger partial charge on any atom is -0.477 e. The third-order valence-electron chi connectivity index (χ3n) is 4.27. The lowest BCUT2D eigenvalue weighted by molar-refractivity contribution is 0.0702. The molecule has 1 aliphatic heterocycles. The number of hydrogen-bond donors (Lipinski definition) is 2. The molecular formula is C20H18FN3O3S. The second-order valence-electron chi connectivity index (χ2n) is 6.25. The maximum absolute atomic E-state index is 13.3. The van der Waals surface area contributed by atoms with Crippen LogP contribution in [0.25, 0.3) is 10.6 Å². The molecule has 3 aromatic rings. The number of nitrogen functional groups attached to an aromatic ring is 1. The number of fused-ring (bicyclic) bond motifs is 3. The van der Waals surface area contributed by atoms with Crippen molar-refractivity contribution < 1.29 is 19.1 Å². The molecule has 8 heteroatoms. The summed E-state index contributed by atoms with van der Waals surface area (Å²) in [5.74, 6) is -1.32. The fourth-order valence-electron chi connectivity index (χ4n) is 2.80. The number of carboxylic acid groups (broad SMARTS) is 1. The predicted octanol–water partition coefficient (Wildman–Crippen LogP) is 3.72. The van der Waals surface area contributed by atoms with Crippen molar-refractivity contribution in [3.63, 3.8) is 0 Å². The van der Waals surface area contributed by atoms with E-state index in [1.165, 1.54) is 23.6 Å². The number of carbonyl (C=O) groups is 2. The van der Waals surface area contributed by atoms with E-state index in [1.807, 2.05) is 11.9 Å². The summed E-state index contributed by atoms with van der Waals surface area (Å²) in [6.45, 7) is 0.709. The van der Waals surface area contributed by atoms with Gasteiger partial charge in [0.1, 0.15) is 22.7 Å². The van der Waals surface area contributed by atoms with Crippen LogP contribution >= 0.6 is 11.3 Å². The predicted molar refractivity (Wildman–Crippen MR) is 108 cm³/mol. The van der Waals surface area contributed by atoms with E-state index in [2.05, 4.69) is 4.98 Å². The number of aromatic nitrogens is 1. The molecule has 3 N–H and O–H groups in total. The fourth-order valence-corrected chi connectivity index (χ4v) is 3.85. The van der Waals surface area contributed by atoms with Gasteiger partial charge < -0.3 is 15.7 Å². The molecule has 3 heterocycles. The van der Waals surface area contributed by atoms with E-state index in [-0.39, 0.29) is 5.82 Å². The molecule has 0 bridgehead atoms. The van der Waals surface area contributed by atoms with Gasteiger partial charge >= 0.3 is 5.97 Å². The van der Waals surface area contributed by atoms with Gasteiger partial charge in [-0.3, -0.25) is 9.78 Å². The van der Waals surface area contributed by atoms with E-state index in [0.717, 1.165) is 23.1 Å². The van der Waals surface area contributed by atoms with Crippen LogP contribution in [0.2, 0.25) is 0 Å². The molecule has 144 valence electrons. The van der Waals surface area contributed by atoms with Gasteiger partial charge in [0, 0.05) is 30.9 Å². The van der Waals surface area contributed by atoms with Crippen LogP contribution in [-0.4, -0.2) is 35.9 Å². The normalized spacial score (nSPS) is 12.1. The van der Waals surface area contributed by atoms with Gasteiger partial charge in [0.15, 0.2) is 0 Å². The second-order valence-corrected chi connectivity index (χ2v) is 7.30. The average molecular weight is 399 g/mol. The Morgan fingerprint density at radius 2 is 2.04 bits per heavy atom. The molecular weight excluding hydrogens is 381 g/mol. The first-order valence-electron chi connectivity index (χ1n) is 8.43. The van der Waals surface area contributed by atoms with Gasteiger partial charge in [0.25, 0.3) is 0 Å². The Morgan fingerprint density at radius 1 is 1.32 bits per heavy atom. The number of carbonyl (C=O) groups excluding carboxylic acids is 1. The zero-order chi connectivity index (χ0) is 20.3. The SMILES string of the molecule is CN1CCc2cc(C(=O)O)sc2-c2ncc(F)cc21.Nc1ccc(C=O)cc1. The number of nitrogens with zero attached hydrogens (tertiary/aromatic N) is 2. The number of aromatic carboxylic acids is 1. The van der Waals surface area contributed by atoms with Gasteiger partial charge in [-0.15, -0.1) is 11.3 Å². The van der Waals surface area contributed by atoms with Crippen LogP contribution in [0.5, 0.6) is 0 Å². The maximum atomic E-state index is 13.3. The first kappa shape index (κ1) is 19.5. The van der Waals surface area contributed by atoms with Crippen molar-refractivity contribution in [2.24, 2.45) is 0 Å². The van der Waals surface area contributed by atoms with Crippen molar-refractivity contribution in [3.05, 3.63) is 64.4 Å². The largest absolute Gasteiger partial charge is 0.477 e. The number of nitrogens with two attached hydrogens (primary N) is 1. The van der Waals surface area contributed by atoms with Crippen molar-refractivity contribution in [1.82, 2.24) is 4.98 Å². The Labute approximate surface area is 165 Å². The van der Waals surface area contributed by atoms with Gasteiger partial charge in [-0.05, 0) is 42.3 Å². The summed E-state index contributed by atoms with van der Waals surface area (Å²) in [6, 6.07) is 9.89. The minimum absolute atomic E-state index is 0.298. The second kappa shape index (κ2) is 8.18. The Hall–Kier alpha value is -3.26. The van der Waals surface area contributed by atoms with Gasteiger partial charge in [-0.25, -0.2) is 9.18 Å². The summed E-state index contributed by atoms with van der Waals surface area (Å²) in [5.41, 5.74) is 9.04. The van der Waals surface area contributed by atoms with E-state index in [9.17, 15) is 14.0 Å². The van der Waals surface area contributed by atoms with Gasteiger partial charge in [0.05, 0.1) is 16.8 Å². The number of thiophene rings is 1. The summed E-state index contributed by atoms with van der Waals surface area (Å²) in [6.07, 6.45) is 2.69. The highest BCUT2D eigenvalue weighted by molar-refractivity contribution is 7.17. The van der Waals surface area contributed by atoms with Crippen molar-refractivity contribution in [2.45, 2.75) is 6.42 Å². The zero-order valence-electron chi connectivity index (χ0n) is 15.1. The van der Waals surface area contributed by atoms with Crippen LogP contribution in [0.1, 0.15) is 25.6 Å². The number of halogens is 1. The number of likely N-dealkylation sites (N-methyl/N-ethyl adjacent to an activating group) is 1. The van der Waals surface area contributed by atoms with E-state index < -0.39 is 5.97 Å². The molecule has 0 atom stereocenters. The number of anilines is 2. The minimum atomic E-state index is -0.935. The van der Waals surface area contributed by atoms with Crippen molar-refractivity contribution >= 4 is 35.0 Å². The summed E-state index contributed by atoms with van der Waals surface area (Å²) in [4.78, 5) is 28.3. The number of hydrogen-bond acceptors (Lipinski definition) is 6. The first-order chi connectivity index (χ1) is 13.4. The molecule has 4 rings (SSSR count). The van der Waals surface area contributed by atoms with Crippen LogP contribution in [0.3, 0.4) is 0 Å². The lowest BCUT2D eigenvalue weighted by atomic mass is 10.1. The maximum Gasteiger partial charge on any atom is 0.345 e. The number of carboxylic acids is 1. The van der Waals surface area contributed by atoms with E-state index >= 15 is 0 Å². The first-order valence-corrected chi connectivity index (χ1v) is 9.24. The van der Waals surface area contributed by atoms with Crippen molar-refractivity contribution in [1.29, 1.82) is 0 Å². The number of benzene rings is 1. The monoisotopic (exact) mass is 399 g/mol. The van der Waals surface area contributed by atoms with E-state index in [0.29, 0.717) is 34.1 Å². The smallest absolute Gasteiger partial charge is 0.345 e. The van der Waals surface area contributed by atoms with Gasteiger partial charge in [-0.1, -0.05) is 0 Å². The third-order valence-corrected chi connectivity index (χ3v) is 5.44. The van der Waals surface area contributed by atoms with Crippen molar-refractivity contribution in [3.8, 4) is 10.6 Å². The Morgan fingerprint density at radius 3 is 2.68 bits per heavy atom. The van der Waals surface area contributed by atoms with Crippen LogP contribution in [0.15, 0.2) is 42.6 Å². The molecule has 0 saturated heterocycles. The highest BCUT2D eigenvalue weighted by Gasteiger charge is 2.23. The molecule has 1 aromatic carbocycles. The molecule has 0 amide bonds. The number of rotatable bonds is 2. The van der Waals surface area contributed by atoms with Gasteiger partial charge in [-0.2, -0.15) is 0 Å². The summed E-state index contributed by atoms with van der Waals surface area (Å²) < 4.78 is 13.3. The van der Waals surface area contributed by atoms with Gasteiger partial charge in [0.2, 0.25) is 0 Å².